The van der Waals surface area contributed by atoms with Gasteiger partial charge in [0, 0.05) is 18.7 Å². The fraction of sp³-hybridized carbons (Fsp3) is 0.235. The van der Waals surface area contributed by atoms with Crippen LogP contribution in [0.4, 0.5) is 21.8 Å². The SMILES string of the molecule is Cc1nc(NCCc2ccc(F)cc2)cc(Nc2cc(C)on2)n1. The highest BCUT2D eigenvalue weighted by Gasteiger charge is 2.05. The lowest BCUT2D eigenvalue weighted by molar-refractivity contribution is 0.400. The van der Waals surface area contributed by atoms with Crippen LogP contribution >= 0.6 is 0 Å². The minimum atomic E-state index is -0.225. The highest BCUT2D eigenvalue weighted by atomic mass is 19.1. The lowest BCUT2D eigenvalue weighted by Gasteiger charge is -2.09. The summed E-state index contributed by atoms with van der Waals surface area (Å²) in [6.07, 6.45) is 0.772. The number of nitrogens with one attached hydrogen (secondary N) is 2. The van der Waals surface area contributed by atoms with E-state index < -0.39 is 0 Å². The second-order valence-electron chi connectivity index (χ2n) is 5.44. The number of nitrogens with zero attached hydrogens (tertiary/aromatic N) is 3. The van der Waals surface area contributed by atoms with E-state index in [1.54, 1.807) is 18.2 Å². The zero-order valence-corrected chi connectivity index (χ0v) is 13.5. The fourth-order valence-corrected chi connectivity index (χ4v) is 2.26. The molecule has 1 aromatic carbocycles. The Kier molecular flexibility index (Phi) is 4.69. The molecule has 2 N–H and O–H groups in total. The summed E-state index contributed by atoms with van der Waals surface area (Å²) in [5.74, 6) is 3.10. The average Bonchev–Trinajstić information content (AvgIpc) is 2.94. The highest BCUT2D eigenvalue weighted by Crippen LogP contribution is 2.17. The number of hydrogen-bond acceptors (Lipinski definition) is 6. The Bertz CT molecular complexity index is 816. The van der Waals surface area contributed by atoms with Gasteiger partial charge in [0.1, 0.15) is 29.0 Å². The Balaban J connectivity index is 1.61. The van der Waals surface area contributed by atoms with Gasteiger partial charge in [-0.3, -0.25) is 0 Å². The summed E-state index contributed by atoms with van der Waals surface area (Å²) in [5.41, 5.74) is 1.06. The quantitative estimate of drug-likeness (QED) is 0.720. The molecule has 3 rings (SSSR count). The maximum absolute atomic E-state index is 12.9. The van der Waals surface area contributed by atoms with Crippen LogP contribution in [0.5, 0.6) is 0 Å². The largest absolute Gasteiger partial charge is 0.370 e. The van der Waals surface area contributed by atoms with Crippen molar-refractivity contribution in [1.82, 2.24) is 15.1 Å². The summed E-state index contributed by atoms with van der Waals surface area (Å²) in [6, 6.07) is 10.1. The lowest BCUT2D eigenvalue weighted by atomic mass is 10.1. The van der Waals surface area contributed by atoms with Gasteiger partial charge in [-0.1, -0.05) is 17.3 Å². The summed E-state index contributed by atoms with van der Waals surface area (Å²) in [6.45, 7) is 4.33. The molecule has 0 radical (unpaired) electrons. The molecule has 6 nitrogen and oxygen atoms in total. The van der Waals surface area contributed by atoms with Crippen molar-refractivity contribution in [3.63, 3.8) is 0 Å². The molecule has 124 valence electrons. The summed E-state index contributed by atoms with van der Waals surface area (Å²) in [7, 11) is 0. The molecule has 0 amide bonds. The molecule has 0 aliphatic heterocycles. The van der Waals surface area contributed by atoms with Crippen molar-refractivity contribution >= 4 is 17.5 Å². The maximum Gasteiger partial charge on any atom is 0.175 e. The van der Waals surface area contributed by atoms with E-state index in [0.717, 1.165) is 17.7 Å². The second kappa shape index (κ2) is 7.08. The van der Waals surface area contributed by atoms with Gasteiger partial charge in [0.2, 0.25) is 0 Å². The second-order valence-corrected chi connectivity index (χ2v) is 5.44. The first-order valence-electron chi connectivity index (χ1n) is 7.63. The molecule has 0 aliphatic rings. The molecular formula is C17H18FN5O. The van der Waals surface area contributed by atoms with E-state index in [-0.39, 0.29) is 5.82 Å². The molecular weight excluding hydrogens is 309 g/mol. The number of halogens is 1. The standard InChI is InChI=1S/C17H18FN5O/c1-11-9-17(23-24-11)22-16-10-15(20-12(2)21-16)19-8-7-13-3-5-14(18)6-4-13/h3-6,9-10H,7-8H2,1-2H3,(H2,19,20,21,22,23). The van der Waals surface area contributed by atoms with Gasteiger partial charge < -0.3 is 15.2 Å². The van der Waals surface area contributed by atoms with Crippen molar-refractivity contribution in [1.29, 1.82) is 0 Å². The van der Waals surface area contributed by atoms with Crippen LogP contribution < -0.4 is 10.6 Å². The van der Waals surface area contributed by atoms with Crippen LogP contribution in [0.15, 0.2) is 40.9 Å². The smallest absolute Gasteiger partial charge is 0.175 e. The van der Waals surface area contributed by atoms with Crippen LogP contribution in [0.2, 0.25) is 0 Å². The Morgan fingerprint density at radius 3 is 2.46 bits per heavy atom. The summed E-state index contributed by atoms with van der Waals surface area (Å²) < 4.78 is 17.9. The molecule has 24 heavy (non-hydrogen) atoms. The molecule has 0 unspecified atom stereocenters. The van der Waals surface area contributed by atoms with Crippen molar-refractivity contribution in [3.8, 4) is 0 Å². The molecule has 0 saturated carbocycles. The van der Waals surface area contributed by atoms with Gasteiger partial charge in [0.05, 0.1) is 0 Å². The molecule has 0 aliphatic carbocycles. The number of aryl methyl sites for hydroxylation is 2. The number of benzene rings is 1. The summed E-state index contributed by atoms with van der Waals surface area (Å²) in [5, 5.41) is 10.2. The van der Waals surface area contributed by atoms with E-state index in [1.807, 2.05) is 19.9 Å². The third-order valence-electron chi connectivity index (χ3n) is 3.36. The molecule has 2 aromatic heterocycles. The van der Waals surface area contributed by atoms with Gasteiger partial charge in [-0.25, -0.2) is 14.4 Å². The monoisotopic (exact) mass is 327 g/mol. The van der Waals surface area contributed by atoms with Gasteiger partial charge in [-0.15, -0.1) is 0 Å². The topological polar surface area (TPSA) is 75.9 Å². The number of rotatable bonds is 6. The maximum atomic E-state index is 12.9. The first-order chi connectivity index (χ1) is 11.6. The first-order valence-corrected chi connectivity index (χ1v) is 7.63. The van der Waals surface area contributed by atoms with Crippen LogP contribution in [-0.2, 0) is 6.42 Å². The van der Waals surface area contributed by atoms with Gasteiger partial charge >= 0.3 is 0 Å². The van der Waals surface area contributed by atoms with E-state index in [0.29, 0.717) is 29.8 Å². The third kappa shape index (κ3) is 4.28. The van der Waals surface area contributed by atoms with E-state index in [1.165, 1.54) is 12.1 Å². The Morgan fingerprint density at radius 1 is 1.00 bits per heavy atom. The average molecular weight is 327 g/mol. The normalized spacial score (nSPS) is 10.6. The van der Waals surface area contributed by atoms with Crippen molar-refractivity contribution in [2.45, 2.75) is 20.3 Å². The van der Waals surface area contributed by atoms with Gasteiger partial charge in [0.25, 0.3) is 0 Å². The Labute approximate surface area is 139 Å². The van der Waals surface area contributed by atoms with Gasteiger partial charge in [0.15, 0.2) is 5.82 Å². The third-order valence-corrected chi connectivity index (χ3v) is 3.36. The summed E-state index contributed by atoms with van der Waals surface area (Å²) in [4.78, 5) is 8.69. The van der Waals surface area contributed by atoms with Crippen molar-refractivity contribution in [2.24, 2.45) is 0 Å². The van der Waals surface area contributed by atoms with Crippen LogP contribution in [0.1, 0.15) is 17.1 Å². The minimum Gasteiger partial charge on any atom is -0.370 e. The molecule has 0 atom stereocenters. The van der Waals surface area contributed by atoms with E-state index in [9.17, 15) is 4.39 Å². The predicted octanol–water partition coefficient (Wildman–Crippen LogP) is 3.62. The molecule has 0 saturated heterocycles. The summed E-state index contributed by atoms with van der Waals surface area (Å²) >= 11 is 0. The molecule has 2 heterocycles. The van der Waals surface area contributed by atoms with Crippen LogP contribution in [0, 0.1) is 19.7 Å². The number of aromatic nitrogens is 3. The molecule has 0 bridgehead atoms. The number of anilines is 3. The Hall–Kier alpha value is -2.96. The van der Waals surface area contributed by atoms with Crippen LogP contribution in [0.3, 0.4) is 0 Å². The Morgan fingerprint density at radius 2 is 1.75 bits per heavy atom. The van der Waals surface area contributed by atoms with E-state index in [2.05, 4.69) is 25.8 Å². The van der Waals surface area contributed by atoms with Crippen LogP contribution in [-0.4, -0.2) is 21.7 Å². The minimum absolute atomic E-state index is 0.225. The molecule has 7 heteroatoms. The van der Waals surface area contributed by atoms with Gasteiger partial charge in [-0.2, -0.15) is 0 Å². The van der Waals surface area contributed by atoms with Crippen molar-refractivity contribution < 1.29 is 8.91 Å². The number of hydrogen-bond donors (Lipinski definition) is 2. The van der Waals surface area contributed by atoms with Gasteiger partial charge in [-0.05, 0) is 38.0 Å². The van der Waals surface area contributed by atoms with Crippen molar-refractivity contribution in [3.05, 3.63) is 59.4 Å². The molecule has 0 fully saturated rings. The van der Waals surface area contributed by atoms with Crippen LogP contribution in [0.25, 0.3) is 0 Å². The predicted molar refractivity (Wildman–Crippen MR) is 89.9 cm³/mol. The fourth-order valence-electron chi connectivity index (χ4n) is 2.26. The highest BCUT2D eigenvalue weighted by molar-refractivity contribution is 5.55. The van der Waals surface area contributed by atoms with Crippen molar-refractivity contribution in [2.75, 3.05) is 17.2 Å². The lowest BCUT2D eigenvalue weighted by Crippen LogP contribution is -2.08. The van der Waals surface area contributed by atoms with E-state index in [4.69, 9.17) is 4.52 Å². The zero-order chi connectivity index (χ0) is 16.9. The molecule has 3 aromatic rings. The van der Waals surface area contributed by atoms with E-state index >= 15 is 0 Å². The first kappa shape index (κ1) is 15.9. The molecule has 0 spiro atoms. The zero-order valence-electron chi connectivity index (χ0n) is 13.5.